The van der Waals surface area contributed by atoms with Crippen LogP contribution in [0.1, 0.15) is 17.1 Å². The number of aromatic nitrogens is 2. The normalized spacial score (nSPS) is 27.1. The van der Waals surface area contributed by atoms with E-state index in [-0.39, 0.29) is 0 Å². The molecule has 0 radical (unpaired) electrons. The van der Waals surface area contributed by atoms with Crippen LogP contribution in [0.3, 0.4) is 0 Å². The van der Waals surface area contributed by atoms with E-state index < -0.39 is 9.73 Å². The van der Waals surface area contributed by atoms with Crippen LogP contribution in [-0.4, -0.2) is 14.2 Å². The van der Waals surface area contributed by atoms with Gasteiger partial charge in [0.2, 0.25) is 0 Å². The van der Waals surface area contributed by atoms with Crippen molar-refractivity contribution < 1.29 is 4.21 Å². The summed E-state index contributed by atoms with van der Waals surface area (Å²) < 4.78 is 18.8. The minimum Gasteiger partial charge on any atom is -0.252 e. The number of nitrogens with zero attached hydrogens (tertiary/aromatic N) is 2. The zero-order valence-corrected chi connectivity index (χ0v) is 7.52. The Balaban J connectivity index is 2.56. The van der Waals surface area contributed by atoms with Gasteiger partial charge >= 0.3 is 0 Å². The maximum Gasteiger partial charge on any atom is 0.125 e. The molecule has 0 fully saturated rings. The summed E-state index contributed by atoms with van der Waals surface area (Å²) in [6.07, 6.45) is 1.68. The Bertz CT molecular complexity index is 424. The van der Waals surface area contributed by atoms with Gasteiger partial charge in [0.1, 0.15) is 5.82 Å². The highest BCUT2D eigenvalue weighted by Crippen LogP contribution is 2.22. The van der Waals surface area contributed by atoms with Gasteiger partial charge in [0.05, 0.1) is 26.9 Å². The zero-order chi connectivity index (χ0) is 8.77. The van der Waals surface area contributed by atoms with Gasteiger partial charge in [0.25, 0.3) is 0 Å². The van der Waals surface area contributed by atoms with Crippen LogP contribution in [-0.2, 0) is 21.2 Å². The molecule has 0 saturated carbocycles. The van der Waals surface area contributed by atoms with Crippen LogP contribution in [0.15, 0.2) is 6.20 Å². The van der Waals surface area contributed by atoms with E-state index in [1.165, 1.54) is 0 Å². The second-order valence-electron chi connectivity index (χ2n) is 2.99. The van der Waals surface area contributed by atoms with Gasteiger partial charge in [-0.3, -0.25) is 4.78 Å². The molecule has 0 saturated heterocycles. The fourth-order valence-electron chi connectivity index (χ4n) is 1.31. The molecule has 1 N–H and O–H groups in total. The summed E-state index contributed by atoms with van der Waals surface area (Å²) in [6.45, 7) is 1.80. The maximum absolute atomic E-state index is 11.4. The van der Waals surface area contributed by atoms with E-state index in [1.54, 1.807) is 13.1 Å². The zero-order valence-electron chi connectivity index (χ0n) is 6.70. The van der Waals surface area contributed by atoms with Gasteiger partial charge < -0.3 is 0 Å². The summed E-state index contributed by atoms with van der Waals surface area (Å²) in [5.41, 5.74) is 1.67. The van der Waals surface area contributed by atoms with Gasteiger partial charge in [-0.25, -0.2) is 14.2 Å². The Morgan fingerprint density at radius 1 is 1.58 bits per heavy atom. The Hall–Kier alpha value is -0.970. The molecule has 0 aliphatic carbocycles. The summed E-state index contributed by atoms with van der Waals surface area (Å²) in [7, 11) is -2.42. The van der Waals surface area contributed by atoms with E-state index in [9.17, 15) is 4.21 Å². The molecule has 0 spiro atoms. The highest BCUT2D eigenvalue weighted by molar-refractivity contribution is 7.91. The standard InChI is InChI=1S/C7H9N3OS/c1-5-9-2-6-3-12(8,11)4-7(6)10-5/h2,8H,3-4H2,1H3. The second kappa shape index (κ2) is 2.26. The number of hydrogen-bond acceptors (Lipinski definition) is 4. The fraction of sp³-hybridized carbons (Fsp3) is 0.429. The van der Waals surface area contributed by atoms with Crippen molar-refractivity contribution >= 4 is 9.73 Å². The third-order valence-corrected chi connectivity index (χ3v) is 3.35. The van der Waals surface area contributed by atoms with E-state index in [1.807, 2.05) is 0 Å². The predicted molar refractivity (Wildman–Crippen MR) is 45.0 cm³/mol. The molecule has 1 aliphatic rings. The average molecular weight is 183 g/mol. The van der Waals surface area contributed by atoms with Crippen molar-refractivity contribution in [1.29, 1.82) is 4.78 Å². The summed E-state index contributed by atoms with van der Waals surface area (Å²) in [6, 6.07) is 0. The summed E-state index contributed by atoms with van der Waals surface area (Å²) in [5.74, 6) is 1.31. The molecule has 5 heteroatoms. The van der Waals surface area contributed by atoms with Gasteiger partial charge in [-0.05, 0) is 6.92 Å². The SMILES string of the molecule is Cc1ncc2c(n1)CS(=N)(=O)C2. The average Bonchev–Trinajstić information content (AvgIpc) is 2.21. The van der Waals surface area contributed by atoms with Crippen molar-refractivity contribution in [3.05, 3.63) is 23.3 Å². The van der Waals surface area contributed by atoms with Gasteiger partial charge in [-0.15, -0.1) is 0 Å². The van der Waals surface area contributed by atoms with E-state index >= 15 is 0 Å². The predicted octanol–water partition coefficient (Wildman–Crippen LogP) is 0.845. The quantitative estimate of drug-likeness (QED) is 0.648. The summed E-state index contributed by atoms with van der Waals surface area (Å²) in [4.78, 5) is 8.14. The van der Waals surface area contributed by atoms with Crippen molar-refractivity contribution in [3.8, 4) is 0 Å². The minimum atomic E-state index is -2.42. The molecule has 1 unspecified atom stereocenters. The van der Waals surface area contributed by atoms with Crippen molar-refractivity contribution in [2.75, 3.05) is 0 Å². The van der Waals surface area contributed by atoms with E-state index in [0.29, 0.717) is 17.3 Å². The number of fused-ring (bicyclic) bond motifs is 1. The van der Waals surface area contributed by atoms with Gasteiger partial charge in [-0.1, -0.05) is 0 Å². The topological polar surface area (TPSA) is 66.7 Å². The van der Waals surface area contributed by atoms with Crippen LogP contribution in [0.5, 0.6) is 0 Å². The third-order valence-electron chi connectivity index (χ3n) is 1.83. The molecule has 1 aromatic heterocycles. The monoisotopic (exact) mass is 183 g/mol. The van der Waals surface area contributed by atoms with Gasteiger partial charge in [-0.2, -0.15) is 0 Å². The lowest BCUT2D eigenvalue weighted by Gasteiger charge is -1.94. The van der Waals surface area contributed by atoms with Crippen LogP contribution in [0.25, 0.3) is 0 Å². The third kappa shape index (κ3) is 1.20. The molecule has 0 bridgehead atoms. The first-order valence-corrected chi connectivity index (χ1v) is 5.52. The van der Waals surface area contributed by atoms with Crippen LogP contribution in [0.2, 0.25) is 0 Å². The van der Waals surface area contributed by atoms with Crippen LogP contribution < -0.4 is 0 Å². The van der Waals surface area contributed by atoms with Gasteiger partial charge in [0, 0.05) is 11.8 Å². The summed E-state index contributed by atoms with van der Waals surface area (Å²) in [5, 5.41) is 0. The lowest BCUT2D eigenvalue weighted by Crippen LogP contribution is -1.94. The van der Waals surface area contributed by atoms with Gasteiger partial charge in [0.15, 0.2) is 0 Å². The molecule has 4 nitrogen and oxygen atoms in total. The van der Waals surface area contributed by atoms with E-state index in [2.05, 4.69) is 9.97 Å². The molecule has 0 amide bonds. The van der Waals surface area contributed by atoms with E-state index in [0.717, 1.165) is 11.3 Å². The highest BCUT2D eigenvalue weighted by atomic mass is 32.2. The maximum atomic E-state index is 11.4. The fourth-order valence-corrected chi connectivity index (χ4v) is 2.85. The Kier molecular flexibility index (Phi) is 1.44. The molecule has 1 aromatic rings. The van der Waals surface area contributed by atoms with Crippen LogP contribution >= 0.6 is 0 Å². The number of hydrogen-bond donors (Lipinski definition) is 1. The van der Waals surface area contributed by atoms with Crippen molar-refractivity contribution in [3.63, 3.8) is 0 Å². The largest absolute Gasteiger partial charge is 0.252 e. The highest BCUT2D eigenvalue weighted by Gasteiger charge is 2.22. The molecule has 12 heavy (non-hydrogen) atoms. The molecular formula is C7H9N3OS. The molecule has 64 valence electrons. The van der Waals surface area contributed by atoms with Crippen molar-refractivity contribution in [1.82, 2.24) is 9.97 Å². The number of nitrogens with one attached hydrogen (secondary N) is 1. The Morgan fingerprint density at radius 2 is 2.33 bits per heavy atom. The number of aryl methyl sites for hydroxylation is 1. The molecule has 2 heterocycles. The smallest absolute Gasteiger partial charge is 0.125 e. The first kappa shape index (κ1) is 7.67. The Labute approximate surface area is 71.0 Å². The lowest BCUT2D eigenvalue weighted by atomic mass is 10.3. The molecular weight excluding hydrogens is 174 g/mol. The number of rotatable bonds is 0. The lowest BCUT2D eigenvalue weighted by molar-refractivity contribution is 0.676. The first-order chi connectivity index (χ1) is 5.57. The summed E-state index contributed by atoms with van der Waals surface area (Å²) >= 11 is 0. The molecule has 1 aliphatic heterocycles. The molecule has 1 atom stereocenters. The second-order valence-corrected chi connectivity index (χ2v) is 5.19. The first-order valence-electron chi connectivity index (χ1n) is 3.62. The van der Waals surface area contributed by atoms with Crippen molar-refractivity contribution in [2.24, 2.45) is 0 Å². The minimum absolute atomic E-state index is 0.297. The van der Waals surface area contributed by atoms with Crippen LogP contribution in [0.4, 0.5) is 0 Å². The van der Waals surface area contributed by atoms with Crippen LogP contribution in [0, 0.1) is 11.7 Å². The Morgan fingerprint density at radius 3 is 3.08 bits per heavy atom. The van der Waals surface area contributed by atoms with Crippen molar-refractivity contribution in [2.45, 2.75) is 18.4 Å². The van der Waals surface area contributed by atoms with E-state index in [4.69, 9.17) is 4.78 Å². The molecule has 0 aromatic carbocycles. The molecule has 2 rings (SSSR count).